The third-order valence-corrected chi connectivity index (χ3v) is 12.2. The number of ether oxygens (including phenoxy) is 4. The number of unbranched alkanes of at least 4 members (excludes halogenated alkanes) is 11. The van der Waals surface area contributed by atoms with E-state index < -0.39 is 35.2 Å². The number of benzene rings is 1. The Morgan fingerprint density at radius 3 is 2.42 bits per heavy atom. The van der Waals surface area contributed by atoms with E-state index in [0.29, 0.717) is 48.0 Å². The first-order valence-corrected chi connectivity index (χ1v) is 20.6. The van der Waals surface area contributed by atoms with E-state index in [1.807, 2.05) is 25.1 Å². The zero-order valence-electron chi connectivity index (χ0n) is 32.8. The molecule has 0 amide bonds. The lowest BCUT2D eigenvalue weighted by Gasteiger charge is -2.61. The van der Waals surface area contributed by atoms with Crippen molar-refractivity contribution < 1.29 is 33.6 Å². The van der Waals surface area contributed by atoms with Gasteiger partial charge in [-0.05, 0) is 99.8 Å². The SMILES string of the molecule is C=C(/C=C\C=C/C)[C@H](OC(=O)CCCCCCC/C=C\CCCCCCCC)C(=O)OC1=CC[C@@]2(O)[C@H]3Cc4ccc(OC)c5c4[C@@]2(CCC3C)[C@H]1O5. The molecule has 1 aromatic carbocycles. The summed E-state index contributed by atoms with van der Waals surface area (Å²) in [5.74, 6) is 0.753. The average Bonchev–Trinajstić information content (AvgIpc) is 3.51. The summed E-state index contributed by atoms with van der Waals surface area (Å²) in [6.45, 7) is 10.4. The number of carbonyl (C=O) groups excluding carboxylic acids is 2. The Bertz CT molecular complexity index is 1550. The molecule has 290 valence electrons. The summed E-state index contributed by atoms with van der Waals surface area (Å²) in [4.78, 5) is 27.1. The molecule has 1 unspecified atom stereocenters. The molecule has 1 aliphatic heterocycles. The molecule has 1 heterocycles. The van der Waals surface area contributed by atoms with Crippen molar-refractivity contribution in [1.82, 2.24) is 0 Å². The molecule has 0 aromatic heterocycles. The molecule has 4 aliphatic rings. The zero-order valence-corrected chi connectivity index (χ0v) is 32.8. The number of methoxy groups -OCH3 is 1. The average molecular weight is 729 g/mol. The summed E-state index contributed by atoms with van der Waals surface area (Å²) in [7, 11) is 1.61. The molecule has 5 rings (SSSR count). The second kappa shape index (κ2) is 19.1. The van der Waals surface area contributed by atoms with Gasteiger partial charge in [0.15, 0.2) is 17.6 Å². The van der Waals surface area contributed by atoms with Crippen LogP contribution in [-0.2, 0) is 30.9 Å². The minimum atomic E-state index is -1.31. The van der Waals surface area contributed by atoms with Crippen LogP contribution in [0.25, 0.3) is 0 Å². The second-order valence-corrected chi connectivity index (χ2v) is 15.7. The van der Waals surface area contributed by atoms with Crippen LogP contribution in [0.1, 0.15) is 141 Å². The van der Waals surface area contributed by atoms with Crippen LogP contribution in [0.3, 0.4) is 0 Å². The number of allylic oxidation sites excluding steroid dienone is 5. The van der Waals surface area contributed by atoms with Gasteiger partial charge in [-0.15, -0.1) is 0 Å². The van der Waals surface area contributed by atoms with Crippen molar-refractivity contribution in [2.45, 2.75) is 160 Å². The van der Waals surface area contributed by atoms with Gasteiger partial charge in [-0.2, -0.15) is 0 Å². The van der Waals surface area contributed by atoms with Gasteiger partial charge in [-0.3, -0.25) is 4.79 Å². The van der Waals surface area contributed by atoms with Crippen LogP contribution in [0.4, 0.5) is 0 Å². The second-order valence-electron chi connectivity index (χ2n) is 15.7. The highest BCUT2D eigenvalue weighted by atomic mass is 16.6. The maximum atomic E-state index is 14.0. The molecule has 7 nitrogen and oxygen atoms in total. The van der Waals surface area contributed by atoms with Crippen LogP contribution in [0.2, 0.25) is 0 Å². The molecule has 7 heteroatoms. The van der Waals surface area contributed by atoms with E-state index in [1.54, 1.807) is 25.3 Å². The summed E-state index contributed by atoms with van der Waals surface area (Å²) < 4.78 is 24.3. The van der Waals surface area contributed by atoms with E-state index in [9.17, 15) is 14.7 Å². The Morgan fingerprint density at radius 1 is 1.02 bits per heavy atom. The van der Waals surface area contributed by atoms with Crippen molar-refractivity contribution in [2.24, 2.45) is 11.8 Å². The Kier molecular flexibility index (Phi) is 14.7. The van der Waals surface area contributed by atoms with Crippen LogP contribution in [0, 0.1) is 11.8 Å². The van der Waals surface area contributed by atoms with Gasteiger partial charge in [0.05, 0.1) is 18.1 Å². The molecule has 1 N–H and O–H groups in total. The standard InChI is InChI=1S/C46H64O7/c1-6-8-10-11-12-13-14-15-16-17-18-19-20-21-23-25-39(47)52-41(34(4)24-22-9-7-2)44(48)51-38-29-31-46(49)36-32-35-26-27-37(50-5)42-40(35)45(46,43(38)53-42)30-28-33(36)3/h7,9,15-16,22,24,26-27,29,33,36,41,43,49H,4,6,8,10-14,17-21,23,25,28,30-32H2,1-3,5H3/b9-7-,16-15-,24-22-/t33?,36-,41-,43-,45-,46+/m0/s1. The topological polar surface area (TPSA) is 91.3 Å². The molecule has 0 radical (unpaired) electrons. The summed E-state index contributed by atoms with van der Waals surface area (Å²) in [5, 5.41) is 12.6. The van der Waals surface area contributed by atoms with Gasteiger partial charge >= 0.3 is 11.9 Å². The van der Waals surface area contributed by atoms with Crippen LogP contribution in [0.15, 0.2) is 72.6 Å². The third-order valence-electron chi connectivity index (χ3n) is 12.2. The van der Waals surface area contributed by atoms with Crippen molar-refractivity contribution >= 4 is 11.9 Å². The molecular weight excluding hydrogens is 664 g/mol. The summed E-state index contributed by atoms with van der Waals surface area (Å²) in [6.07, 6.45) is 29.7. The minimum absolute atomic E-state index is 0.0458. The molecule has 3 aliphatic carbocycles. The molecule has 53 heavy (non-hydrogen) atoms. The van der Waals surface area contributed by atoms with E-state index in [0.717, 1.165) is 56.1 Å². The smallest absolute Gasteiger partial charge is 0.357 e. The van der Waals surface area contributed by atoms with Gasteiger partial charge in [0.2, 0.25) is 6.10 Å². The lowest BCUT2D eigenvalue weighted by atomic mass is 9.45. The van der Waals surface area contributed by atoms with Crippen LogP contribution in [-0.4, -0.2) is 42.0 Å². The van der Waals surface area contributed by atoms with Crippen molar-refractivity contribution in [3.8, 4) is 11.5 Å². The van der Waals surface area contributed by atoms with E-state index >= 15 is 0 Å². The first-order chi connectivity index (χ1) is 25.7. The summed E-state index contributed by atoms with van der Waals surface area (Å²) in [6, 6.07) is 4.02. The first-order valence-electron chi connectivity index (χ1n) is 20.6. The predicted molar refractivity (Wildman–Crippen MR) is 211 cm³/mol. The highest BCUT2D eigenvalue weighted by Crippen LogP contribution is 2.68. The Balaban J connectivity index is 1.17. The van der Waals surface area contributed by atoms with Crippen LogP contribution < -0.4 is 9.47 Å². The minimum Gasteiger partial charge on any atom is -0.493 e. The van der Waals surface area contributed by atoms with Crippen molar-refractivity contribution in [1.29, 1.82) is 0 Å². The van der Waals surface area contributed by atoms with Gasteiger partial charge in [0.25, 0.3) is 0 Å². The molecule has 0 saturated heterocycles. The number of rotatable bonds is 22. The molecule has 2 bridgehead atoms. The largest absolute Gasteiger partial charge is 0.493 e. The fourth-order valence-electron chi connectivity index (χ4n) is 9.32. The summed E-state index contributed by atoms with van der Waals surface area (Å²) in [5.41, 5.74) is 0.633. The van der Waals surface area contributed by atoms with E-state index in [1.165, 1.54) is 44.9 Å². The normalized spacial score (nSPS) is 26.0. The van der Waals surface area contributed by atoms with Gasteiger partial charge in [-0.1, -0.05) is 114 Å². The number of aliphatic hydroxyl groups is 1. The van der Waals surface area contributed by atoms with Crippen LogP contribution >= 0.6 is 0 Å². The number of esters is 2. The first kappa shape index (κ1) is 40.6. The Morgan fingerprint density at radius 2 is 1.72 bits per heavy atom. The fourth-order valence-corrected chi connectivity index (χ4v) is 9.32. The van der Waals surface area contributed by atoms with Gasteiger partial charge in [0, 0.05) is 12.0 Å². The number of carbonyl (C=O) groups is 2. The number of hydrogen-bond donors (Lipinski definition) is 1. The van der Waals surface area contributed by atoms with E-state index in [2.05, 4.69) is 38.6 Å². The van der Waals surface area contributed by atoms with Crippen molar-refractivity contribution in [3.05, 3.63) is 83.7 Å². The fraction of sp³-hybridized carbons (Fsp3) is 0.609. The Labute approximate surface area is 318 Å². The van der Waals surface area contributed by atoms with Crippen molar-refractivity contribution in [3.63, 3.8) is 0 Å². The molecule has 1 fully saturated rings. The van der Waals surface area contributed by atoms with Gasteiger partial charge in [-0.25, -0.2) is 4.79 Å². The zero-order chi connectivity index (χ0) is 37.8. The lowest BCUT2D eigenvalue weighted by molar-refractivity contribution is -0.175. The van der Waals surface area contributed by atoms with Crippen LogP contribution in [0.5, 0.6) is 11.5 Å². The molecule has 1 spiro atoms. The van der Waals surface area contributed by atoms with Gasteiger partial charge in [0.1, 0.15) is 5.76 Å². The molecular formula is C46H64O7. The maximum absolute atomic E-state index is 14.0. The monoisotopic (exact) mass is 728 g/mol. The van der Waals surface area contributed by atoms with Crippen molar-refractivity contribution in [2.75, 3.05) is 7.11 Å². The molecule has 1 saturated carbocycles. The molecule has 6 atom stereocenters. The summed E-state index contributed by atoms with van der Waals surface area (Å²) >= 11 is 0. The molecule has 1 aromatic rings. The highest BCUT2D eigenvalue weighted by Gasteiger charge is 2.72. The lowest BCUT2D eigenvalue weighted by Crippen LogP contribution is -2.69. The maximum Gasteiger partial charge on any atom is 0.357 e. The Hall–Kier alpha value is -3.58. The van der Waals surface area contributed by atoms with E-state index in [4.69, 9.17) is 18.9 Å². The third kappa shape index (κ3) is 8.88. The number of hydrogen-bond acceptors (Lipinski definition) is 7. The van der Waals surface area contributed by atoms with E-state index in [-0.39, 0.29) is 12.3 Å². The predicted octanol–water partition coefficient (Wildman–Crippen LogP) is 10.5. The quantitative estimate of drug-likeness (QED) is 0.0550. The van der Waals surface area contributed by atoms with Gasteiger partial charge < -0.3 is 24.1 Å². The highest BCUT2D eigenvalue weighted by molar-refractivity contribution is 5.84.